The molecule has 1 aromatic carbocycles. The Bertz CT molecular complexity index is 544. The standard InChI is InChI=1S/C14H18N2O5/c1-21-14(20)11(16)6-8-4-2-3-5-9(8)13(19)10(15)7-12(17)18/h2-5,10-11H,6-7,15-16H2,1H3,(H,17,18)/t10-,11-/m0/s1. The van der Waals surface area contributed by atoms with Gasteiger partial charge < -0.3 is 21.3 Å². The van der Waals surface area contributed by atoms with Gasteiger partial charge in [0.1, 0.15) is 6.04 Å². The number of ketones is 1. The SMILES string of the molecule is COC(=O)[C@@H](N)Cc1ccccc1C(=O)[C@@H](N)CC(=O)O. The van der Waals surface area contributed by atoms with Crippen molar-refractivity contribution in [3.8, 4) is 0 Å². The summed E-state index contributed by atoms with van der Waals surface area (Å²) < 4.78 is 4.53. The van der Waals surface area contributed by atoms with Crippen molar-refractivity contribution in [1.29, 1.82) is 0 Å². The normalized spacial score (nSPS) is 13.3. The molecule has 0 bridgehead atoms. The third-order valence-electron chi connectivity index (χ3n) is 2.96. The quantitative estimate of drug-likeness (QED) is 0.465. The smallest absolute Gasteiger partial charge is 0.322 e. The fourth-order valence-corrected chi connectivity index (χ4v) is 1.89. The molecule has 0 aliphatic carbocycles. The maximum absolute atomic E-state index is 12.2. The largest absolute Gasteiger partial charge is 0.481 e. The number of carbonyl (C=O) groups excluding carboxylic acids is 2. The first-order chi connectivity index (χ1) is 9.86. The van der Waals surface area contributed by atoms with Gasteiger partial charge in [-0.15, -0.1) is 0 Å². The summed E-state index contributed by atoms with van der Waals surface area (Å²) in [5.74, 6) is -2.24. The molecule has 0 unspecified atom stereocenters. The topological polar surface area (TPSA) is 133 Å². The molecule has 0 fully saturated rings. The number of carbonyl (C=O) groups is 3. The van der Waals surface area contributed by atoms with Gasteiger partial charge in [0.2, 0.25) is 0 Å². The fraction of sp³-hybridized carbons (Fsp3) is 0.357. The van der Waals surface area contributed by atoms with Crippen LogP contribution in [0.3, 0.4) is 0 Å². The first kappa shape index (κ1) is 16.8. The number of benzene rings is 1. The monoisotopic (exact) mass is 294 g/mol. The van der Waals surface area contributed by atoms with Crippen molar-refractivity contribution in [2.75, 3.05) is 7.11 Å². The van der Waals surface area contributed by atoms with E-state index in [1.165, 1.54) is 13.2 Å². The van der Waals surface area contributed by atoms with Gasteiger partial charge >= 0.3 is 11.9 Å². The van der Waals surface area contributed by atoms with E-state index < -0.39 is 36.2 Å². The van der Waals surface area contributed by atoms with E-state index in [9.17, 15) is 14.4 Å². The van der Waals surface area contributed by atoms with Crippen molar-refractivity contribution in [2.24, 2.45) is 11.5 Å². The van der Waals surface area contributed by atoms with E-state index in [0.717, 1.165) is 0 Å². The lowest BCUT2D eigenvalue weighted by Gasteiger charge is -2.14. The number of aliphatic carboxylic acids is 1. The van der Waals surface area contributed by atoms with Crippen molar-refractivity contribution in [1.82, 2.24) is 0 Å². The summed E-state index contributed by atoms with van der Waals surface area (Å²) in [6.07, 6.45) is -0.357. The minimum atomic E-state index is -1.15. The highest BCUT2D eigenvalue weighted by molar-refractivity contribution is 6.02. The average molecular weight is 294 g/mol. The van der Waals surface area contributed by atoms with Gasteiger partial charge in [-0.05, 0) is 12.0 Å². The second-order valence-corrected chi connectivity index (χ2v) is 4.56. The van der Waals surface area contributed by atoms with Crippen molar-refractivity contribution < 1.29 is 24.2 Å². The van der Waals surface area contributed by atoms with Gasteiger partial charge in [-0.25, -0.2) is 0 Å². The van der Waals surface area contributed by atoms with Gasteiger partial charge in [-0.3, -0.25) is 14.4 Å². The zero-order valence-corrected chi connectivity index (χ0v) is 11.6. The molecule has 7 heteroatoms. The number of carboxylic acids is 1. The predicted octanol–water partition coefficient (Wildman–Crippen LogP) is -0.286. The maximum Gasteiger partial charge on any atom is 0.322 e. The van der Waals surface area contributed by atoms with Gasteiger partial charge in [0, 0.05) is 5.56 Å². The summed E-state index contributed by atoms with van der Waals surface area (Å²) in [6.45, 7) is 0. The molecule has 114 valence electrons. The van der Waals surface area contributed by atoms with E-state index in [4.69, 9.17) is 16.6 Å². The van der Waals surface area contributed by atoms with Crippen LogP contribution < -0.4 is 11.5 Å². The van der Waals surface area contributed by atoms with Crippen LogP contribution >= 0.6 is 0 Å². The molecule has 0 aliphatic heterocycles. The zero-order valence-electron chi connectivity index (χ0n) is 11.6. The molecule has 0 saturated carbocycles. The minimum Gasteiger partial charge on any atom is -0.481 e. The van der Waals surface area contributed by atoms with Gasteiger partial charge in [-0.1, -0.05) is 24.3 Å². The highest BCUT2D eigenvalue weighted by atomic mass is 16.5. The minimum absolute atomic E-state index is 0.106. The van der Waals surface area contributed by atoms with Crippen LogP contribution in [0.15, 0.2) is 24.3 Å². The number of esters is 1. The molecule has 1 aromatic rings. The molecule has 1 rings (SSSR count). The molecule has 2 atom stereocenters. The summed E-state index contributed by atoms with van der Waals surface area (Å²) in [4.78, 5) is 34.1. The lowest BCUT2D eigenvalue weighted by molar-refractivity contribution is -0.142. The molecule has 7 nitrogen and oxygen atoms in total. The Balaban J connectivity index is 2.96. The Kier molecular flexibility index (Phi) is 6.01. The predicted molar refractivity (Wildman–Crippen MR) is 74.7 cm³/mol. The highest BCUT2D eigenvalue weighted by Crippen LogP contribution is 2.14. The van der Waals surface area contributed by atoms with Crippen LogP contribution in [0.5, 0.6) is 0 Å². The number of nitrogens with two attached hydrogens (primary N) is 2. The van der Waals surface area contributed by atoms with E-state index in [1.54, 1.807) is 18.2 Å². The first-order valence-electron chi connectivity index (χ1n) is 6.29. The number of Topliss-reactive ketones (excluding diaryl/α,β-unsaturated/α-hetero) is 1. The molecule has 0 spiro atoms. The number of carboxylic acid groups (broad SMARTS) is 1. The second-order valence-electron chi connectivity index (χ2n) is 4.56. The Morgan fingerprint density at radius 1 is 1.19 bits per heavy atom. The second kappa shape index (κ2) is 7.51. The van der Waals surface area contributed by atoms with E-state index in [2.05, 4.69) is 4.74 Å². The fourth-order valence-electron chi connectivity index (χ4n) is 1.89. The molecule has 5 N–H and O–H groups in total. The average Bonchev–Trinajstić information content (AvgIpc) is 2.45. The summed E-state index contributed by atoms with van der Waals surface area (Å²) in [6, 6.07) is 4.46. The number of ether oxygens (including phenoxy) is 1. The highest BCUT2D eigenvalue weighted by Gasteiger charge is 2.23. The van der Waals surface area contributed by atoms with Crippen LogP contribution in [0, 0.1) is 0 Å². The summed E-state index contributed by atoms with van der Waals surface area (Å²) in [7, 11) is 1.22. The lowest BCUT2D eigenvalue weighted by Crippen LogP contribution is -2.36. The Hall–Kier alpha value is -2.25. The molecular formula is C14H18N2O5. The number of hydrogen-bond donors (Lipinski definition) is 3. The van der Waals surface area contributed by atoms with Crippen LogP contribution in [-0.2, 0) is 20.7 Å². The first-order valence-corrected chi connectivity index (χ1v) is 6.29. The third kappa shape index (κ3) is 4.66. The summed E-state index contributed by atoms with van der Waals surface area (Å²) in [5, 5.41) is 8.69. The number of hydrogen-bond acceptors (Lipinski definition) is 6. The molecule has 0 saturated heterocycles. The van der Waals surface area contributed by atoms with Crippen LogP contribution in [0.4, 0.5) is 0 Å². The van der Waals surface area contributed by atoms with Crippen LogP contribution in [0.1, 0.15) is 22.3 Å². The molecule has 21 heavy (non-hydrogen) atoms. The summed E-state index contributed by atoms with van der Waals surface area (Å²) in [5.41, 5.74) is 12.1. The van der Waals surface area contributed by atoms with Crippen molar-refractivity contribution >= 4 is 17.7 Å². The molecule has 0 radical (unpaired) electrons. The van der Waals surface area contributed by atoms with Gasteiger partial charge in [0.25, 0.3) is 0 Å². The number of methoxy groups -OCH3 is 1. The van der Waals surface area contributed by atoms with Gasteiger partial charge in [0.05, 0.1) is 19.6 Å². The van der Waals surface area contributed by atoms with E-state index in [1.807, 2.05) is 0 Å². The lowest BCUT2D eigenvalue weighted by atomic mass is 9.94. The third-order valence-corrected chi connectivity index (χ3v) is 2.96. The molecule has 0 aliphatic rings. The van der Waals surface area contributed by atoms with Crippen LogP contribution in [-0.4, -0.2) is 42.0 Å². The van der Waals surface area contributed by atoms with Crippen molar-refractivity contribution in [3.63, 3.8) is 0 Å². The van der Waals surface area contributed by atoms with Crippen LogP contribution in [0.2, 0.25) is 0 Å². The van der Waals surface area contributed by atoms with Crippen molar-refractivity contribution in [3.05, 3.63) is 35.4 Å². The zero-order chi connectivity index (χ0) is 16.0. The van der Waals surface area contributed by atoms with Crippen LogP contribution in [0.25, 0.3) is 0 Å². The maximum atomic E-state index is 12.2. The summed E-state index contributed by atoms with van der Waals surface area (Å²) >= 11 is 0. The van der Waals surface area contributed by atoms with Gasteiger partial charge in [0.15, 0.2) is 5.78 Å². The molecule has 0 heterocycles. The number of rotatable bonds is 7. The Morgan fingerprint density at radius 3 is 2.38 bits per heavy atom. The molecular weight excluding hydrogens is 276 g/mol. The Labute approximate surface area is 121 Å². The molecule has 0 amide bonds. The molecule has 0 aromatic heterocycles. The van der Waals surface area contributed by atoms with Crippen molar-refractivity contribution in [2.45, 2.75) is 24.9 Å². The van der Waals surface area contributed by atoms with E-state index >= 15 is 0 Å². The van der Waals surface area contributed by atoms with E-state index in [0.29, 0.717) is 5.56 Å². The van der Waals surface area contributed by atoms with Gasteiger partial charge in [-0.2, -0.15) is 0 Å². The van der Waals surface area contributed by atoms with E-state index in [-0.39, 0.29) is 12.0 Å². The Morgan fingerprint density at radius 2 is 1.81 bits per heavy atom.